The van der Waals surface area contributed by atoms with Gasteiger partial charge in [-0.1, -0.05) is 6.58 Å². The van der Waals surface area contributed by atoms with Crippen molar-refractivity contribution in [1.29, 1.82) is 0 Å². The molecule has 0 radical (unpaired) electrons. The summed E-state index contributed by atoms with van der Waals surface area (Å²) in [5.41, 5.74) is 1.39. The highest BCUT2D eigenvalue weighted by Gasteiger charge is 2.14. The number of carbonyl (C=O) groups is 3. The zero-order valence-corrected chi connectivity index (χ0v) is 14.7. The van der Waals surface area contributed by atoms with E-state index in [4.69, 9.17) is 14.2 Å². The van der Waals surface area contributed by atoms with Crippen molar-refractivity contribution in [3.05, 3.63) is 42.0 Å². The van der Waals surface area contributed by atoms with Gasteiger partial charge in [-0.15, -0.1) is 0 Å². The number of nitrogens with zero attached hydrogens (tertiary/aromatic N) is 1. The fraction of sp³-hybridized carbons (Fsp3) is 0.389. The first-order valence-corrected chi connectivity index (χ1v) is 7.80. The Balaban J connectivity index is 2.30. The minimum atomic E-state index is -0.635. The van der Waals surface area contributed by atoms with Crippen LogP contribution in [0.5, 0.6) is 0 Å². The molecule has 0 heterocycles. The van der Waals surface area contributed by atoms with E-state index >= 15 is 0 Å². The predicted molar refractivity (Wildman–Crippen MR) is 92.4 cm³/mol. The number of benzene rings is 1. The van der Waals surface area contributed by atoms with E-state index < -0.39 is 17.9 Å². The third-order valence-electron chi connectivity index (χ3n) is 3.12. The van der Waals surface area contributed by atoms with Crippen LogP contribution in [0.2, 0.25) is 0 Å². The van der Waals surface area contributed by atoms with Gasteiger partial charge in [0.2, 0.25) is 0 Å². The van der Waals surface area contributed by atoms with Crippen molar-refractivity contribution in [2.24, 2.45) is 0 Å². The van der Waals surface area contributed by atoms with Crippen LogP contribution in [0, 0.1) is 0 Å². The van der Waals surface area contributed by atoms with E-state index in [1.54, 1.807) is 31.2 Å². The number of esters is 3. The summed E-state index contributed by atoms with van der Waals surface area (Å²) in [5.74, 6) is -1.77. The van der Waals surface area contributed by atoms with Crippen LogP contribution in [0.1, 0.15) is 23.7 Å². The number of carbonyl (C=O) groups excluding carboxylic acids is 3. The molecule has 0 unspecified atom stereocenters. The van der Waals surface area contributed by atoms with Crippen LogP contribution in [-0.4, -0.2) is 51.8 Å². The lowest BCUT2D eigenvalue weighted by molar-refractivity contribution is -0.146. The van der Waals surface area contributed by atoms with Crippen LogP contribution >= 0.6 is 0 Å². The summed E-state index contributed by atoms with van der Waals surface area (Å²) in [4.78, 5) is 36.6. The van der Waals surface area contributed by atoms with E-state index in [-0.39, 0.29) is 31.8 Å². The van der Waals surface area contributed by atoms with E-state index in [1.807, 2.05) is 19.0 Å². The summed E-state index contributed by atoms with van der Waals surface area (Å²) in [6, 6.07) is 6.93. The third kappa shape index (κ3) is 7.07. The zero-order valence-electron chi connectivity index (χ0n) is 14.7. The number of anilines is 1. The molecule has 0 saturated heterocycles. The van der Waals surface area contributed by atoms with Crippen LogP contribution in [-0.2, 0) is 23.8 Å². The van der Waals surface area contributed by atoms with Crippen molar-refractivity contribution in [3.8, 4) is 0 Å². The van der Waals surface area contributed by atoms with Crippen LogP contribution in [0.25, 0.3) is 0 Å². The van der Waals surface area contributed by atoms with E-state index in [0.717, 1.165) is 5.69 Å². The highest BCUT2D eigenvalue weighted by molar-refractivity contribution is 5.93. The molecule has 136 valence electrons. The molecule has 25 heavy (non-hydrogen) atoms. The van der Waals surface area contributed by atoms with Crippen molar-refractivity contribution in [2.45, 2.75) is 13.3 Å². The van der Waals surface area contributed by atoms with E-state index in [1.165, 1.54) is 0 Å². The lowest BCUT2D eigenvalue weighted by atomic mass is 10.2. The summed E-state index contributed by atoms with van der Waals surface area (Å²) in [6.45, 7) is 5.15. The van der Waals surface area contributed by atoms with Crippen molar-refractivity contribution in [2.75, 3.05) is 38.8 Å². The molecule has 0 spiro atoms. The summed E-state index contributed by atoms with van der Waals surface area (Å²) in [7, 11) is 3.80. The van der Waals surface area contributed by atoms with Gasteiger partial charge in [-0.2, -0.15) is 0 Å². The first kappa shape index (κ1) is 20.2. The monoisotopic (exact) mass is 349 g/mol. The topological polar surface area (TPSA) is 82.1 Å². The quantitative estimate of drug-likeness (QED) is 0.292. The Morgan fingerprint density at radius 1 is 1.00 bits per heavy atom. The predicted octanol–water partition coefficient (Wildman–Crippen LogP) is 1.96. The number of rotatable bonds is 9. The van der Waals surface area contributed by atoms with Gasteiger partial charge in [-0.05, 0) is 31.2 Å². The number of hydrogen-bond donors (Lipinski definition) is 0. The van der Waals surface area contributed by atoms with Gasteiger partial charge >= 0.3 is 17.9 Å². The lowest BCUT2D eigenvalue weighted by Gasteiger charge is -2.12. The summed E-state index contributed by atoms with van der Waals surface area (Å²) >= 11 is 0. The minimum Gasteiger partial charge on any atom is -0.463 e. The van der Waals surface area contributed by atoms with Crippen molar-refractivity contribution < 1.29 is 28.6 Å². The third-order valence-corrected chi connectivity index (χ3v) is 3.12. The molecule has 7 nitrogen and oxygen atoms in total. The molecule has 1 rings (SSSR count). The summed E-state index contributed by atoms with van der Waals surface area (Å²) in [5, 5.41) is 0. The molecular formula is C18H23NO6. The average molecular weight is 349 g/mol. The Morgan fingerprint density at radius 2 is 1.60 bits per heavy atom. The first-order valence-electron chi connectivity index (χ1n) is 7.80. The van der Waals surface area contributed by atoms with Gasteiger partial charge in [0.1, 0.15) is 13.2 Å². The maximum Gasteiger partial charge on any atom is 0.338 e. The van der Waals surface area contributed by atoms with Gasteiger partial charge < -0.3 is 19.1 Å². The molecule has 1 aromatic rings. The van der Waals surface area contributed by atoms with Gasteiger partial charge in [-0.3, -0.25) is 4.79 Å². The van der Waals surface area contributed by atoms with Crippen molar-refractivity contribution in [1.82, 2.24) is 0 Å². The Labute approximate surface area is 147 Å². The lowest BCUT2D eigenvalue weighted by Crippen LogP contribution is -2.16. The molecular weight excluding hydrogens is 326 g/mol. The summed E-state index contributed by atoms with van der Waals surface area (Å²) < 4.78 is 14.6. The molecule has 1 aromatic carbocycles. The molecule has 0 aliphatic carbocycles. The van der Waals surface area contributed by atoms with E-state index in [9.17, 15) is 14.4 Å². The fourth-order valence-corrected chi connectivity index (χ4v) is 1.80. The first-order chi connectivity index (χ1) is 11.8. The van der Waals surface area contributed by atoms with Gasteiger partial charge in [0.15, 0.2) is 0 Å². The average Bonchev–Trinajstić information content (AvgIpc) is 2.58. The largest absolute Gasteiger partial charge is 0.463 e. The summed E-state index contributed by atoms with van der Waals surface area (Å²) in [6.07, 6.45) is -0.265. The normalized spacial score (nSPS) is 9.88. The van der Waals surface area contributed by atoms with Crippen LogP contribution in [0.3, 0.4) is 0 Å². The molecule has 0 N–H and O–H groups in total. The highest BCUT2D eigenvalue weighted by Crippen LogP contribution is 2.13. The Morgan fingerprint density at radius 3 is 2.16 bits per heavy atom. The van der Waals surface area contributed by atoms with Crippen LogP contribution in [0.15, 0.2) is 36.4 Å². The molecule has 7 heteroatoms. The SMILES string of the molecule is C=C(CC(=O)OCCOC(=O)c1ccc(N(C)C)cc1)C(=O)OCC. The number of hydrogen-bond acceptors (Lipinski definition) is 7. The maximum absolute atomic E-state index is 11.9. The molecule has 0 amide bonds. The Hall–Kier alpha value is -2.83. The molecule has 0 aliphatic rings. The minimum absolute atomic E-state index is 0.0184. The fourth-order valence-electron chi connectivity index (χ4n) is 1.80. The molecule has 0 aliphatic heterocycles. The van der Waals surface area contributed by atoms with Gasteiger partial charge in [0, 0.05) is 25.4 Å². The van der Waals surface area contributed by atoms with Crippen molar-refractivity contribution >= 4 is 23.6 Å². The van der Waals surface area contributed by atoms with E-state index in [2.05, 4.69) is 6.58 Å². The van der Waals surface area contributed by atoms with Crippen molar-refractivity contribution in [3.63, 3.8) is 0 Å². The van der Waals surface area contributed by atoms with Crippen LogP contribution < -0.4 is 4.90 Å². The zero-order chi connectivity index (χ0) is 18.8. The Bertz CT molecular complexity index is 621. The molecule has 0 bridgehead atoms. The molecule has 0 saturated carbocycles. The van der Waals surface area contributed by atoms with E-state index in [0.29, 0.717) is 5.56 Å². The standard InChI is InChI=1S/C18H23NO6/c1-5-23-17(21)13(2)12-16(20)24-10-11-25-18(22)14-6-8-15(9-7-14)19(3)4/h6-9H,2,5,10-12H2,1,3-4H3. The van der Waals surface area contributed by atoms with Gasteiger partial charge in [0.25, 0.3) is 0 Å². The molecule has 0 fully saturated rings. The number of ether oxygens (including phenoxy) is 3. The van der Waals surface area contributed by atoms with Gasteiger partial charge in [0.05, 0.1) is 18.6 Å². The molecule has 0 atom stereocenters. The Kier molecular flexibility index (Phi) is 8.18. The van der Waals surface area contributed by atoms with Crippen LogP contribution in [0.4, 0.5) is 5.69 Å². The second-order valence-corrected chi connectivity index (χ2v) is 5.30. The maximum atomic E-state index is 11.9. The van der Waals surface area contributed by atoms with Gasteiger partial charge in [-0.25, -0.2) is 9.59 Å². The second kappa shape index (κ2) is 10.1. The highest BCUT2D eigenvalue weighted by atomic mass is 16.6. The second-order valence-electron chi connectivity index (χ2n) is 5.30. The molecule has 0 aromatic heterocycles. The smallest absolute Gasteiger partial charge is 0.338 e.